The van der Waals surface area contributed by atoms with Gasteiger partial charge in [0, 0.05) is 42.3 Å². The molecule has 12 heteroatoms. The zero-order chi connectivity index (χ0) is 29.9. The summed E-state index contributed by atoms with van der Waals surface area (Å²) in [4.78, 5) is 32.2. The second-order valence-corrected chi connectivity index (χ2v) is 12.8. The van der Waals surface area contributed by atoms with E-state index in [-0.39, 0.29) is 46.5 Å². The second kappa shape index (κ2) is 12.1. The fourth-order valence-electron chi connectivity index (χ4n) is 5.90. The van der Waals surface area contributed by atoms with Crippen molar-refractivity contribution in [2.45, 2.75) is 54.9 Å². The van der Waals surface area contributed by atoms with E-state index in [9.17, 15) is 31.2 Å². The van der Waals surface area contributed by atoms with E-state index in [4.69, 9.17) is 0 Å². The van der Waals surface area contributed by atoms with Gasteiger partial charge in [0.15, 0.2) is 9.84 Å². The number of sulfone groups is 1. The average molecular weight is 601 g/mol. The maximum absolute atomic E-state index is 13.5. The van der Waals surface area contributed by atoms with Crippen molar-refractivity contribution in [2.24, 2.45) is 5.92 Å². The lowest BCUT2D eigenvalue weighted by Gasteiger charge is -2.41. The second-order valence-electron chi connectivity index (χ2n) is 10.7. The molecule has 8 nitrogen and oxygen atoms in total. The molecular weight excluding hydrogens is 569 g/mol. The van der Waals surface area contributed by atoms with Crippen LogP contribution in [-0.4, -0.2) is 60.5 Å². The maximum Gasteiger partial charge on any atom is 0.416 e. The maximum atomic E-state index is 13.5. The van der Waals surface area contributed by atoms with Crippen molar-refractivity contribution in [3.63, 3.8) is 0 Å². The summed E-state index contributed by atoms with van der Waals surface area (Å²) in [5.41, 5.74) is -0.271. The minimum atomic E-state index is -4.60. The molecule has 2 fully saturated rings. The van der Waals surface area contributed by atoms with Crippen molar-refractivity contribution >= 4 is 27.3 Å². The molecule has 0 radical (unpaired) electrons. The largest absolute Gasteiger partial charge is 0.416 e. The Morgan fingerprint density at radius 3 is 2.43 bits per heavy atom. The van der Waals surface area contributed by atoms with E-state index in [0.29, 0.717) is 25.8 Å². The molecule has 0 spiro atoms. The highest BCUT2D eigenvalue weighted by Gasteiger charge is 2.43. The van der Waals surface area contributed by atoms with E-state index in [0.717, 1.165) is 23.9 Å². The molecule has 0 bridgehead atoms. The van der Waals surface area contributed by atoms with Crippen LogP contribution in [0, 0.1) is 5.92 Å². The van der Waals surface area contributed by atoms with E-state index in [2.05, 4.69) is 15.6 Å². The Hall–Kier alpha value is -3.93. The molecule has 2 N–H and O–H groups in total. The third-order valence-corrected chi connectivity index (χ3v) is 9.78. The molecule has 1 aliphatic carbocycles. The fourth-order valence-corrected chi connectivity index (χ4v) is 7.59. The van der Waals surface area contributed by atoms with E-state index in [1.807, 2.05) is 12.1 Å². The summed E-state index contributed by atoms with van der Waals surface area (Å²) in [6, 6.07) is 14.6. The van der Waals surface area contributed by atoms with Crippen molar-refractivity contribution in [3.05, 3.63) is 90.3 Å². The molecule has 2 heterocycles. The lowest BCUT2D eigenvalue weighted by Crippen LogP contribution is -2.51. The number of benzene rings is 2. The zero-order valence-corrected chi connectivity index (χ0v) is 23.4. The molecule has 1 aliphatic heterocycles. The first-order chi connectivity index (χ1) is 20.0. The Kier molecular flexibility index (Phi) is 8.53. The fraction of sp³-hybridized carbons (Fsp3) is 0.367. The first-order valence-corrected chi connectivity index (χ1v) is 15.4. The Bertz CT molecular complexity index is 1520. The smallest absolute Gasteiger partial charge is 0.382 e. The van der Waals surface area contributed by atoms with Crippen LogP contribution in [0.4, 0.5) is 18.9 Å². The van der Waals surface area contributed by atoms with E-state index >= 15 is 0 Å². The number of hydrogen-bond donors (Lipinski definition) is 2. The number of halogens is 3. The van der Waals surface area contributed by atoms with Gasteiger partial charge in [-0.3, -0.25) is 14.6 Å². The summed E-state index contributed by atoms with van der Waals surface area (Å²) < 4.78 is 66.2. The number of nitrogens with one attached hydrogen (secondary N) is 2. The number of alkyl halides is 3. The van der Waals surface area contributed by atoms with Gasteiger partial charge < -0.3 is 15.5 Å². The summed E-state index contributed by atoms with van der Waals surface area (Å²) in [6.07, 6.45) is 0.763. The molecule has 2 amide bonds. The molecule has 4 atom stereocenters. The number of likely N-dealkylation sites (tertiary alicyclic amines) is 1. The van der Waals surface area contributed by atoms with Crippen LogP contribution in [0.2, 0.25) is 0 Å². The van der Waals surface area contributed by atoms with Gasteiger partial charge in [0.1, 0.15) is 6.04 Å². The van der Waals surface area contributed by atoms with Gasteiger partial charge in [0.2, 0.25) is 5.91 Å². The van der Waals surface area contributed by atoms with E-state index < -0.39 is 33.5 Å². The normalized spacial score (nSPS) is 23.0. The molecule has 1 saturated carbocycles. The van der Waals surface area contributed by atoms with Crippen molar-refractivity contribution in [1.82, 2.24) is 15.2 Å². The molecule has 1 unspecified atom stereocenters. The highest BCUT2D eigenvalue weighted by atomic mass is 32.2. The SMILES string of the molecule is O=C(NC1CCN([C@H]2CC[C@@H](Nc3ccncc3)C[C@@H]2CS(=O)(=O)c2ccccc2)C1=O)c1cccc(C(F)(F)F)c1. The predicted octanol–water partition coefficient (Wildman–Crippen LogP) is 4.55. The van der Waals surface area contributed by atoms with E-state index in [1.165, 1.54) is 6.07 Å². The molecule has 1 aromatic heterocycles. The Balaban J connectivity index is 1.32. The summed E-state index contributed by atoms with van der Waals surface area (Å²) in [7, 11) is -3.66. The lowest BCUT2D eigenvalue weighted by molar-refractivity contribution is -0.137. The van der Waals surface area contributed by atoms with Crippen molar-refractivity contribution < 1.29 is 31.2 Å². The molecule has 3 aromatic rings. The van der Waals surface area contributed by atoms with Crippen LogP contribution in [0.5, 0.6) is 0 Å². The summed E-state index contributed by atoms with van der Waals surface area (Å²) in [6.45, 7) is 0.307. The van der Waals surface area contributed by atoms with Gasteiger partial charge in [0.05, 0.1) is 16.2 Å². The van der Waals surface area contributed by atoms with Crippen molar-refractivity contribution in [1.29, 1.82) is 0 Å². The van der Waals surface area contributed by atoms with Gasteiger partial charge in [-0.25, -0.2) is 8.42 Å². The third kappa shape index (κ3) is 6.75. The first-order valence-electron chi connectivity index (χ1n) is 13.7. The van der Waals surface area contributed by atoms with Crippen LogP contribution in [0.1, 0.15) is 41.6 Å². The summed E-state index contributed by atoms with van der Waals surface area (Å²) in [5, 5.41) is 6.04. The molecular formula is C30H31F3N4O4S. The van der Waals surface area contributed by atoms with Crippen molar-refractivity contribution in [2.75, 3.05) is 17.6 Å². The van der Waals surface area contributed by atoms with Crippen LogP contribution in [0.25, 0.3) is 0 Å². The topological polar surface area (TPSA) is 108 Å². The van der Waals surface area contributed by atoms with E-state index in [1.54, 1.807) is 47.6 Å². The summed E-state index contributed by atoms with van der Waals surface area (Å²) >= 11 is 0. The quantitative estimate of drug-likeness (QED) is 0.393. The number of aromatic nitrogens is 1. The number of nitrogens with zero attached hydrogens (tertiary/aromatic N) is 2. The molecule has 42 heavy (non-hydrogen) atoms. The van der Waals surface area contributed by atoms with Gasteiger partial charge in [-0.05, 0) is 74.1 Å². The zero-order valence-electron chi connectivity index (χ0n) is 22.6. The van der Waals surface area contributed by atoms with Gasteiger partial charge in [-0.1, -0.05) is 24.3 Å². The Labute approximate surface area is 242 Å². The standard InChI is InChI=1S/C30H31F3N4O4S/c31-30(32,33)22-6-4-5-20(17-22)28(38)36-26-13-16-37(29(26)39)27-10-9-24(35-23-11-14-34-15-12-23)18-21(27)19-42(40,41)25-7-2-1-3-8-25/h1-8,11-12,14-15,17,21,24,26-27H,9-10,13,16,18-19H2,(H,34,35)(H,36,38)/t21-,24-,26?,27+/m1/s1. The third-order valence-electron chi connectivity index (χ3n) is 7.93. The number of hydrogen-bond acceptors (Lipinski definition) is 6. The molecule has 5 rings (SSSR count). The predicted molar refractivity (Wildman–Crippen MR) is 150 cm³/mol. The van der Waals surface area contributed by atoms with Crippen molar-refractivity contribution in [3.8, 4) is 0 Å². The lowest BCUT2D eigenvalue weighted by atomic mass is 9.81. The van der Waals surface area contributed by atoms with Gasteiger partial charge in [-0.2, -0.15) is 13.2 Å². The van der Waals surface area contributed by atoms with Gasteiger partial charge in [0.25, 0.3) is 5.91 Å². The van der Waals surface area contributed by atoms with Crippen LogP contribution >= 0.6 is 0 Å². The molecule has 1 saturated heterocycles. The Morgan fingerprint density at radius 1 is 0.976 bits per heavy atom. The van der Waals surface area contributed by atoms with Crippen LogP contribution in [-0.2, 0) is 20.8 Å². The summed E-state index contributed by atoms with van der Waals surface area (Å²) in [5.74, 6) is -1.66. The number of pyridine rings is 1. The van der Waals surface area contributed by atoms with Crippen LogP contribution in [0.3, 0.4) is 0 Å². The Morgan fingerprint density at radius 2 is 1.71 bits per heavy atom. The minimum absolute atomic E-state index is 0.0197. The van der Waals surface area contributed by atoms with Gasteiger partial charge in [-0.15, -0.1) is 0 Å². The monoisotopic (exact) mass is 600 g/mol. The highest BCUT2D eigenvalue weighted by molar-refractivity contribution is 7.91. The highest BCUT2D eigenvalue weighted by Crippen LogP contribution is 2.35. The first kappa shape index (κ1) is 29.6. The number of rotatable bonds is 8. The molecule has 2 aliphatic rings. The van der Waals surface area contributed by atoms with Crippen LogP contribution in [0.15, 0.2) is 84.0 Å². The minimum Gasteiger partial charge on any atom is -0.382 e. The number of anilines is 1. The average Bonchev–Trinajstić information content (AvgIpc) is 3.33. The number of carbonyl (C=O) groups excluding carboxylic acids is 2. The number of carbonyl (C=O) groups is 2. The van der Waals surface area contributed by atoms with Crippen LogP contribution < -0.4 is 10.6 Å². The molecule has 222 valence electrons. The van der Waals surface area contributed by atoms with Gasteiger partial charge >= 0.3 is 6.18 Å². The number of amides is 2. The molecule has 2 aromatic carbocycles.